The molecule has 1 aliphatic heterocycles. The smallest absolute Gasteiger partial charge is 0.410 e. The quantitative estimate of drug-likeness (QED) is 0.817. The Morgan fingerprint density at radius 3 is 2.67 bits per heavy atom. The van der Waals surface area contributed by atoms with Crippen LogP contribution in [0.3, 0.4) is 0 Å². The maximum atomic E-state index is 12.3. The number of ketones is 1. The molecule has 2 N–H and O–H groups in total. The van der Waals surface area contributed by atoms with Gasteiger partial charge in [0.15, 0.2) is 12.1 Å². The molecule has 116 valence electrons. The number of hydrogen-bond acceptors (Lipinski definition) is 7. The van der Waals surface area contributed by atoms with Crippen molar-refractivity contribution in [3.05, 3.63) is 6.33 Å². The van der Waals surface area contributed by atoms with Crippen molar-refractivity contribution < 1.29 is 14.3 Å². The standard InChI is InChI=1S/C12H20N6O3/c1-12(2,3)21-11(20)17-6-8(18-15-7-14-16-18)4-9(17)10(19)5-13/h7-9H,4-6,13H2,1-3H3/t8-,9-/m0/s1. The summed E-state index contributed by atoms with van der Waals surface area (Å²) in [6.07, 6.45) is 1.19. The topological polar surface area (TPSA) is 116 Å². The van der Waals surface area contributed by atoms with Crippen molar-refractivity contribution in [2.24, 2.45) is 5.73 Å². The lowest BCUT2D eigenvalue weighted by atomic mass is 10.1. The van der Waals surface area contributed by atoms with E-state index in [1.807, 2.05) is 0 Å². The van der Waals surface area contributed by atoms with E-state index in [1.54, 1.807) is 20.8 Å². The number of amides is 1. The van der Waals surface area contributed by atoms with Gasteiger partial charge in [0.25, 0.3) is 0 Å². The highest BCUT2D eigenvalue weighted by Crippen LogP contribution is 2.28. The highest BCUT2D eigenvalue weighted by Gasteiger charge is 2.42. The average molecular weight is 296 g/mol. The molecule has 0 unspecified atom stereocenters. The number of aromatic nitrogens is 4. The van der Waals surface area contributed by atoms with Crippen LogP contribution in [0.25, 0.3) is 0 Å². The number of rotatable bonds is 3. The molecule has 1 aliphatic rings. The van der Waals surface area contributed by atoms with Gasteiger partial charge < -0.3 is 10.5 Å². The van der Waals surface area contributed by atoms with E-state index in [2.05, 4.69) is 15.4 Å². The van der Waals surface area contributed by atoms with Gasteiger partial charge in [-0.2, -0.15) is 4.80 Å². The fourth-order valence-electron chi connectivity index (χ4n) is 2.29. The number of carbonyl (C=O) groups is 2. The van der Waals surface area contributed by atoms with E-state index in [0.29, 0.717) is 13.0 Å². The zero-order valence-corrected chi connectivity index (χ0v) is 12.4. The molecule has 0 radical (unpaired) electrons. The molecule has 1 fully saturated rings. The molecule has 1 aromatic rings. The first-order valence-corrected chi connectivity index (χ1v) is 6.76. The van der Waals surface area contributed by atoms with Crippen molar-refractivity contribution in [3.8, 4) is 0 Å². The highest BCUT2D eigenvalue weighted by molar-refractivity contribution is 5.89. The summed E-state index contributed by atoms with van der Waals surface area (Å²) < 4.78 is 5.34. The van der Waals surface area contributed by atoms with Crippen LogP contribution >= 0.6 is 0 Å². The number of hydrogen-bond donors (Lipinski definition) is 1. The molecule has 2 atom stereocenters. The minimum atomic E-state index is -0.628. The fraction of sp³-hybridized carbons (Fsp3) is 0.750. The summed E-state index contributed by atoms with van der Waals surface area (Å²) in [7, 11) is 0. The highest BCUT2D eigenvalue weighted by atomic mass is 16.6. The molecule has 0 spiro atoms. The molecule has 2 heterocycles. The lowest BCUT2D eigenvalue weighted by Gasteiger charge is -2.27. The van der Waals surface area contributed by atoms with Crippen molar-refractivity contribution in [2.45, 2.75) is 44.9 Å². The summed E-state index contributed by atoms with van der Waals surface area (Å²) >= 11 is 0. The van der Waals surface area contributed by atoms with E-state index < -0.39 is 17.7 Å². The first kappa shape index (κ1) is 15.4. The summed E-state index contributed by atoms with van der Waals surface area (Å²) in [5, 5.41) is 11.4. The van der Waals surface area contributed by atoms with Gasteiger partial charge in [0, 0.05) is 13.0 Å². The lowest BCUT2D eigenvalue weighted by Crippen LogP contribution is -2.45. The second kappa shape index (κ2) is 5.76. The number of carbonyl (C=O) groups excluding carboxylic acids is 2. The Hall–Kier alpha value is -2.03. The fourth-order valence-corrected chi connectivity index (χ4v) is 2.29. The average Bonchev–Trinajstić information content (AvgIpc) is 3.04. The summed E-state index contributed by atoms with van der Waals surface area (Å²) in [4.78, 5) is 27.0. The number of ether oxygens (including phenoxy) is 1. The third-order valence-corrected chi connectivity index (χ3v) is 3.17. The van der Waals surface area contributed by atoms with Crippen molar-refractivity contribution in [1.29, 1.82) is 0 Å². The second-order valence-corrected chi connectivity index (χ2v) is 5.96. The van der Waals surface area contributed by atoms with E-state index in [4.69, 9.17) is 10.5 Å². The maximum Gasteiger partial charge on any atom is 0.410 e. The van der Waals surface area contributed by atoms with Crippen LogP contribution in [0, 0.1) is 0 Å². The zero-order chi connectivity index (χ0) is 15.6. The lowest BCUT2D eigenvalue weighted by molar-refractivity contribution is -0.122. The molecule has 1 aromatic heterocycles. The van der Waals surface area contributed by atoms with Gasteiger partial charge in [-0.3, -0.25) is 9.69 Å². The predicted molar refractivity (Wildman–Crippen MR) is 72.3 cm³/mol. The number of nitrogens with two attached hydrogens (primary N) is 1. The van der Waals surface area contributed by atoms with Crippen LogP contribution in [-0.4, -0.2) is 61.7 Å². The van der Waals surface area contributed by atoms with Gasteiger partial charge >= 0.3 is 6.09 Å². The Morgan fingerprint density at radius 1 is 1.43 bits per heavy atom. The number of tetrazole rings is 1. The van der Waals surface area contributed by atoms with Crippen molar-refractivity contribution in [3.63, 3.8) is 0 Å². The molecule has 9 heteroatoms. The minimum Gasteiger partial charge on any atom is -0.444 e. The molecular weight excluding hydrogens is 276 g/mol. The molecule has 9 nitrogen and oxygen atoms in total. The van der Waals surface area contributed by atoms with Gasteiger partial charge in [-0.25, -0.2) is 4.79 Å². The van der Waals surface area contributed by atoms with Crippen LogP contribution in [0.4, 0.5) is 4.79 Å². The third-order valence-electron chi connectivity index (χ3n) is 3.17. The third kappa shape index (κ3) is 3.54. The SMILES string of the molecule is CC(C)(C)OC(=O)N1C[C@@H](n2ncnn2)C[C@H]1C(=O)CN. The Morgan fingerprint density at radius 2 is 2.14 bits per heavy atom. The van der Waals surface area contributed by atoms with Crippen molar-refractivity contribution in [2.75, 3.05) is 13.1 Å². The molecule has 21 heavy (non-hydrogen) atoms. The maximum absolute atomic E-state index is 12.3. The van der Waals surface area contributed by atoms with Crippen LogP contribution in [0.15, 0.2) is 6.33 Å². The van der Waals surface area contributed by atoms with Gasteiger partial charge in [-0.15, -0.1) is 10.2 Å². The summed E-state index contributed by atoms with van der Waals surface area (Å²) in [5.41, 5.74) is 4.80. The predicted octanol–water partition coefficient (Wildman–Crippen LogP) is -0.249. The Balaban J connectivity index is 2.16. The van der Waals surface area contributed by atoms with E-state index in [1.165, 1.54) is 16.0 Å². The van der Waals surface area contributed by atoms with Gasteiger partial charge in [-0.05, 0) is 26.0 Å². The molecule has 0 saturated carbocycles. The first-order chi connectivity index (χ1) is 9.81. The summed E-state index contributed by atoms with van der Waals surface area (Å²) in [6, 6.07) is -0.818. The van der Waals surface area contributed by atoms with E-state index in [-0.39, 0.29) is 18.4 Å². The van der Waals surface area contributed by atoms with Gasteiger partial charge in [0.05, 0.1) is 18.6 Å². The molecule has 0 aromatic carbocycles. The summed E-state index contributed by atoms with van der Waals surface area (Å²) in [5.74, 6) is -0.205. The van der Waals surface area contributed by atoms with Gasteiger partial charge in [0.1, 0.15) is 5.60 Å². The number of likely N-dealkylation sites (tertiary alicyclic amines) is 1. The van der Waals surface area contributed by atoms with Crippen LogP contribution < -0.4 is 5.73 Å². The number of Topliss-reactive ketones (excluding diaryl/α,β-unsaturated/α-hetero) is 1. The normalized spacial score (nSPS) is 22.4. The van der Waals surface area contributed by atoms with Gasteiger partial charge in [0.2, 0.25) is 0 Å². The monoisotopic (exact) mass is 296 g/mol. The molecule has 1 amide bonds. The van der Waals surface area contributed by atoms with E-state index in [9.17, 15) is 9.59 Å². The first-order valence-electron chi connectivity index (χ1n) is 6.76. The van der Waals surface area contributed by atoms with Crippen LogP contribution in [0.1, 0.15) is 33.2 Å². The Labute approximate surface area is 122 Å². The van der Waals surface area contributed by atoms with Crippen molar-refractivity contribution >= 4 is 11.9 Å². The Bertz CT molecular complexity index is 510. The second-order valence-electron chi connectivity index (χ2n) is 5.96. The Kier molecular flexibility index (Phi) is 4.21. The largest absolute Gasteiger partial charge is 0.444 e. The minimum absolute atomic E-state index is 0.124. The summed E-state index contributed by atoms with van der Waals surface area (Å²) in [6.45, 7) is 5.49. The van der Waals surface area contributed by atoms with Crippen LogP contribution in [0.2, 0.25) is 0 Å². The molecule has 0 bridgehead atoms. The molecule has 2 rings (SSSR count). The van der Waals surface area contributed by atoms with Gasteiger partial charge in [-0.1, -0.05) is 0 Å². The molecule has 1 saturated heterocycles. The van der Waals surface area contributed by atoms with E-state index in [0.717, 1.165) is 0 Å². The van der Waals surface area contributed by atoms with Crippen molar-refractivity contribution in [1.82, 2.24) is 25.1 Å². The number of nitrogens with zero attached hydrogens (tertiary/aromatic N) is 5. The van der Waals surface area contributed by atoms with Crippen LogP contribution in [0.5, 0.6) is 0 Å². The molecular formula is C12H20N6O3. The van der Waals surface area contributed by atoms with E-state index >= 15 is 0 Å². The van der Waals surface area contributed by atoms with Crippen LogP contribution in [-0.2, 0) is 9.53 Å². The molecule has 0 aliphatic carbocycles. The zero-order valence-electron chi connectivity index (χ0n) is 12.4.